The summed E-state index contributed by atoms with van der Waals surface area (Å²) in [6.07, 6.45) is 2.18. The first-order chi connectivity index (χ1) is 9.25. The SMILES string of the molecule is Nc1cc(OCCCCN2CCNCC2)ccc1O. The Morgan fingerprint density at radius 3 is 2.79 bits per heavy atom. The highest BCUT2D eigenvalue weighted by Crippen LogP contribution is 2.24. The molecule has 4 N–H and O–H groups in total. The van der Waals surface area contributed by atoms with Gasteiger partial charge in [-0.1, -0.05) is 0 Å². The number of phenolic OH excluding ortho intramolecular Hbond substituents is 1. The van der Waals surface area contributed by atoms with Crippen molar-refractivity contribution in [2.75, 3.05) is 45.1 Å². The largest absolute Gasteiger partial charge is 0.506 e. The lowest BCUT2D eigenvalue weighted by Crippen LogP contribution is -2.43. The summed E-state index contributed by atoms with van der Waals surface area (Å²) in [6, 6.07) is 4.96. The molecule has 106 valence electrons. The lowest BCUT2D eigenvalue weighted by Gasteiger charge is -2.26. The number of unbranched alkanes of at least 4 members (excludes halogenated alkanes) is 1. The minimum atomic E-state index is 0.103. The van der Waals surface area contributed by atoms with Crippen LogP contribution in [0.5, 0.6) is 11.5 Å². The fourth-order valence-corrected chi connectivity index (χ4v) is 2.18. The predicted octanol–water partition coefficient (Wildman–Crippen LogP) is 1.04. The minimum Gasteiger partial charge on any atom is -0.506 e. The number of nitrogens with zero attached hydrogens (tertiary/aromatic N) is 1. The molecule has 0 amide bonds. The molecule has 1 aliphatic rings. The summed E-state index contributed by atoms with van der Waals surface area (Å²) >= 11 is 0. The van der Waals surface area contributed by atoms with Crippen LogP contribution in [0.3, 0.4) is 0 Å². The van der Waals surface area contributed by atoms with Crippen LogP contribution < -0.4 is 15.8 Å². The summed E-state index contributed by atoms with van der Waals surface area (Å²) in [6.45, 7) is 6.33. The van der Waals surface area contributed by atoms with Gasteiger partial charge in [0.1, 0.15) is 11.5 Å². The monoisotopic (exact) mass is 265 g/mol. The maximum Gasteiger partial charge on any atom is 0.138 e. The Hall–Kier alpha value is -1.46. The first kappa shape index (κ1) is 14.0. The Morgan fingerprint density at radius 1 is 1.26 bits per heavy atom. The zero-order valence-electron chi connectivity index (χ0n) is 11.3. The van der Waals surface area contributed by atoms with Crippen LogP contribution in [0.25, 0.3) is 0 Å². The molecule has 1 aliphatic heterocycles. The van der Waals surface area contributed by atoms with E-state index in [1.165, 1.54) is 0 Å². The summed E-state index contributed by atoms with van der Waals surface area (Å²) in [7, 11) is 0. The molecule has 19 heavy (non-hydrogen) atoms. The van der Waals surface area contributed by atoms with E-state index >= 15 is 0 Å². The minimum absolute atomic E-state index is 0.103. The molecule has 0 radical (unpaired) electrons. The second-order valence-corrected chi connectivity index (χ2v) is 4.87. The summed E-state index contributed by atoms with van der Waals surface area (Å²) < 4.78 is 5.61. The number of piperazine rings is 1. The number of nitrogen functional groups attached to an aromatic ring is 1. The molecule has 2 rings (SSSR count). The van der Waals surface area contributed by atoms with Crippen molar-refractivity contribution in [3.05, 3.63) is 18.2 Å². The summed E-state index contributed by atoms with van der Waals surface area (Å²) in [5.74, 6) is 0.823. The fraction of sp³-hybridized carbons (Fsp3) is 0.571. The molecule has 0 bridgehead atoms. The van der Waals surface area contributed by atoms with Gasteiger partial charge in [-0.05, 0) is 31.5 Å². The number of aromatic hydroxyl groups is 1. The van der Waals surface area contributed by atoms with Crippen molar-refractivity contribution in [3.8, 4) is 11.5 Å². The molecule has 0 aliphatic carbocycles. The third kappa shape index (κ3) is 4.61. The summed E-state index contributed by atoms with van der Waals surface area (Å²) in [4.78, 5) is 2.48. The number of rotatable bonds is 6. The maximum absolute atomic E-state index is 9.31. The van der Waals surface area contributed by atoms with Gasteiger partial charge in [-0.25, -0.2) is 0 Å². The molecule has 5 nitrogen and oxygen atoms in total. The van der Waals surface area contributed by atoms with Gasteiger partial charge < -0.3 is 25.8 Å². The third-order valence-corrected chi connectivity index (χ3v) is 3.35. The molecule has 0 unspecified atom stereocenters. The average Bonchev–Trinajstić information content (AvgIpc) is 2.43. The van der Waals surface area contributed by atoms with Crippen LogP contribution in [0.2, 0.25) is 0 Å². The molecule has 0 spiro atoms. The van der Waals surface area contributed by atoms with E-state index in [0.29, 0.717) is 12.3 Å². The Bertz CT molecular complexity index is 392. The second-order valence-electron chi connectivity index (χ2n) is 4.87. The Balaban J connectivity index is 1.59. The standard InChI is InChI=1S/C14H23N3O2/c15-13-11-12(3-4-14(13)18)19-10-2-1-7-17-8-5-16-6-9-17/h3-4,11,16,18H,1-2,5-10,15H2. The Labute approximate surface area is 114 Å². The number of hydrogen-bond acceptors (Lipinski definition) is 5. The van der Waals surface area contributed by atoms with E-state index in [4.69, 9.17) is 10.5 Å². The van der Waals surface area contributed by atoms with Crippen molar-refractivity contribution < 1.29 is 9.84 Å². The fourth-order valence-electron chi connectivity index (χ4n) is 2.18. The lowest BCUT2D eigenvalue weighted by molar-refractivity contribution is 0.226. The van der Waals surface area contributed by atoms with E-state index in [-0.39, 0.29) is 5.75 Å². The van der Waals surface area contributed by atoms with Crippen molar-refractivity contribution >= 4 is 5.69 Å². The van der Waals surface area contributed by atoms with E-state index in [1.807, 2.05) is 0 Å². The number of nitrogens with one attached hydrogen (secondary N) is 1. The number of anilines is 1. The number of hydrogen-bond donors (Lipinski definition) is 3. The Morgan fingerprint density at radius 2 is 2.05 bits per heavy atom. The molecule has 5 heteroatoms. The molecule has 1 fully saturated rings. The molecule has 0 saturated carbocycles. The van der Waals surface area contributed by atoms with Crippen LogP contribution in [0.15, 0.2) is 18.2 Å². The van der Waals surface area contributed by atoms with Crippen LogP contribution in [-0.4, -0.2) is 49.3 Å². The number of phenols is 1. The van der Waals surface area contributed by atoms with Gasteiger partial charge in [0, 0.05) is 32.2 Å². The first-order valence-corrected chi connectivity index (χ1v) is 6.90. The van der Waals surface area contributed by atoms with Crippen LogP contribution in [0.1, 0.15) is 12.8 Å². The van der Waals surface area contributed by atoms with Crippen molar-refractivity contribution in [1.82, 2.24) is 10.2 Å². The zero-order valence-corrected chi connectivity index (χ0v) is 11.3. The molecule has 1 aromatic rings. The van der Waals surface area contributed by atoms with Gasteiger partial charge in [-0.2, -0.15) is 0 Å². The van der Waals surface area contributed by atoms with E-state index in [1.54, 1.807) is 18.2 Å². The van der Waals surface area contributed by atoms with Crippen molar-refractivity contribution in [2.45, 2.75) is 12.8 Å². The molecule has 1 saturated heterocycles. The van der Waals surface area contributed by atoms with Crippen LogP contribution in [-0.2, 0) is 0 Å². The van der Waals surface area contributed by atoms with E-state index in [2.05, 4.69) is 10.2 Å². The van der Waals surface area contributed by atoms with E-state index < -0.39 is 0 Å². The normalized spacial score (nSPS) is 16.4. The first-order valence-electron chi connectivity index (χ1n) is 6.90. The third-order valence-electron chi connectivity index (χ3n) is 3.35. The van der Waals surface area contributed by atoms with E-state index in [9.17, 15) is 5.11 Å². The molecule has 1 aromatic carbocycles. The van der Waals surface area contributed by atoms with Gasteiger partial charge in [0.25, 0.3) is 0 Å². The number of ether oxygens (including phenoxy) is 1. The highest BCUT2D eigenvalue weighted by atomic mass is 16.5. The molecule has 1 heterocycles. The van der Waals surface area contributed by atoms with Gasteiger partial charge >= 0.3 is 0 Å². The zero-order chi connectivity index (χ0) is 13.5. The van der Waals surface area contributed by atoms with Crippen LogP contribution in [0, 0.1) is 0 Å². The van der Waals surface area contributed by atoms with Gasteiger partial charge in [-0.3, -0.25) is 0 Å². The van der Waals surface area contributed by atoms with Crippen molar-refractivity contribution in [1.29, 1.82) is 0 Å². The van der Waals surface area contributed by atoms with Crippen LogP contribution >= 0.6 is 0 Å². The topological polar surface area (TPSA) is 70.8 Å². The quantitative estimate of drug-likeness (QED) is 0.407. The number of nitrogens with two attached hydrogens (primary N) is 1. The summed E-state index contributed by atoms with van der Waals surface area (Å²) in [5, 5.41) is 12.7. The van der Waals surface area contributed by atoms with E-state index in [0.717, 1.165) is 51.3 Å². The average molecular weight is 265 g/mol. The molecular weight excluding hydrogens is 242 g/mol. The Kier molecular flexibility index (Phi) is 5.30. The second kappa shape index (κ2) is 7.21. The summed E-state index contributed by atoms with van der Waals surface area (Å²) in [5.41, 5.74) is 5.97. The van der Waals surface area contributed by atoms with Gasteiger partial charge in [0.05, 0.1) is 12.3 Å². The van der Waals surface area contributed by atoms with Crippen molar-refractivity contribution in [2.24, 2.45) is 0 Å². The molecule has 0 atom stereocenters. The van der Waals surface area contributed by atoms with Crippen LogP contribution in [0.4, 0.5) is 5.69 Å². The smallest absolute Gasteiger partial charge is 0.138 e. The highest BCUT2D eigenvalue weighted by Gasteiger charge is 2.08. The maximum atomic E-state index is 9.31. The van der Waals surface area contributed by atoms with Gasteiger partial charge in [0.2, 0.25) is 0 Å². The van der Waals surface area contributed by atoms with Gasteiger partial charge in [-0.15, -0.1) is 0 Å². The lowest BCUT2D eigenvalue weighted by atomic mass is 10.2. The predicted molar refractivity (Wildman–Crippen MR) is 76.6 cm³/mol. The number of benzene rings is 1. The molecule has 0 aromatic heterocycles. The van der Waals surface area contributed by atoms with Crippen molar-refractivity contribution in [3.63, 3.8) is 0 Å². The highest BCUT2D eigenvalue weighted by molar-refractivity contribution is 5.55. The van der Waals surface area contributed by atoms with Gasteiger partial charge in [0.15, 0.2) is 0 Å². The molecular formula is C14H23N3O2.